The molecule has 0 aliphatic carbocycles. The van der Waals surface area contributed by atoms with E-state index in [0.717, 1.165) is 22.4 Å². The lowest BCUT2D eigenvalue weighted by Gasteiger charge is -2.12. The molecule has 0 bridgehead atoms. The second kappa shape index (κ2) is 8.08. The standard InChI is InChI=1S/C22H21FN2O3/c1-4-28-22(27)20-14(2)19(15(3)24-20)16-10-12-17(13-11-16)21(26)25(23)18-8-6-5-7-9-18/h5-13,24H,4H2,1-3H3. The average molecular weight is 380 g/mol. The highest BCUT2D eigenvalue weighted by molar-refractivity contribution is 6.04. The zero-order valence-electron chi connectivity index (χ0n) is 16.0. The number of esters is 1. The number of rotatable bonds is 5. The quantitative estimate of drug-likeness (QED) is 0.500. The monoisotopic (exact) mass is 380 g/mol. The van der Waals surface area contributed by atoms with E-state index in [1.54, 1.807) is 49.4 Å². The number of carbonyl (C=O) groups is 2. The Kier molecular flexibility index (Phi) is 5.59. The normalized spacial score (nSPS) is 10.6. The van der Waals surface area contributed by atoms with Crippen molar-refractivity contribution < 1.29 is 18.8 Å². The van der Waals surface area contributed by atoms with Gasteiger partial charge in [-0.05, 0) is 56.2 Å². The molecule has 5 nitrogen and oxygen atoms in total. The topological polar surface area (TPSA) is 62.4 Å². The Balaban J connectivity index is 1.87. The Morgan fingerprint density at radius 3 is 2.29 bits per heavy atom. The van der Waals surface area contributed by atoms with Crippen LogP contribution in [-0.4, -0.2) is 23.5 Å². The number of carbonyl (C=O) groups excluding carboxylic acids is 2. The number of nitrogens with zero attached hydrogens (tertiary/aromatic N) is 1. The van der Waals surface area contributed by atoms with Gasteiger partial charge in [0, 0.05) is 16.8 Å². The number of aromatic nitrogens is 1. The number of halogens is 1. The third-order valence-corrected chi connectivity index (χ3v) is 4.50. The van der Waals surface area contributed by atoms with E-state index in [2.05, 4.69) is 4.98 Å². The first-order chi connectivity index (χ1) is 13.4. The summed E-state index contributed by atoms with van der Waals surface area (Å²) >= 11 is 0. The maximum absolute atomic E-state index is 14.4. The zero-order valence-corrected chi connectivity index (χ0v) is 16.0. The van der Waals surface area contributed by atoms with E-state index in [1.165, 1.54) is 12.1 Å². The Labute approximate surface area is 162 Å². The minimum Gasteiger partial charge on any atom is -0.461 e. The summed E-state index contributed by atoms with van der Waals surface area (Å²) in [6, 6.07) is 14.8. The Hall–Kier alpha value is -3.41. The first-order valence-electron chi connectivity index (χ1n) is 8.96. The molecular weight excluding hydrogens is 359 g/mol. The number of hydrogen-bond acceptors (Lipinski definition) is 3. The number of benzene rings is 2. The van der Waals surface area contributed by atoms with Gasteiger partial charge in [0.1, 0.15) is 5.69 Å². The van der Waals surface area contributed by atoms with Gasteiger partial charge in [-0.15, -0.1) is 5.12 Å². The lowest BCUT2D eigenvalue weighted by Crippen LogP contribution is -2.21. The molecule has 0 unspecified atom stereocenters. The summed E-state index contributed by atoms with van der Waals surface area (Å²) in [6.45, 7) is 5.75. The number of hydrogen-bond donors (Lipinski definition) is 1. The molecule has 144 valence electrons. The first-order valence-corrected chi connectivity index (χ1v) is 8.96. The summed E-state index contributed by atoms with van der Waals surface area (Å²) in [5, 5.41) is 0.126. The molecule has 0 aliphatic heterocycles. The van der Waals surface area contributed by atoms with Gasteiger partial charge in [0.25, 0.3) is 5.91 Å². The van der Waals surface area contributed by atoms with Crippen LogP contribution in [-0.2, 0) is 4.74 Å². The van der Waals surface area contributed by atoms with Crippen LogP contribution < -0.4 is 5.12 Å². The molecule has 0 saturated heterocycles. The number of ether oxygens (including phenoxy) is 1. The average Bonchev–Trinajstić information content (AvgIpc) is 3.02. The third kappa shape index (κ3) is 3.67. The fourth-order valence-corrected chi connectivity index (χ4v) is 3.16. The number of para-hydroxylation sites is 1. The summed E-state index contributed by atoms with van der Waals surface area (Å²) in [6.07, 6.45) is 0. The van der Waals surface area contributed by atoms with Crippen LogP contribution in [0.4, 0.5) is 10.2 Å². The molecule has 0 atom stereocenters. The number of aryl methyl sites for hydroxylation is 1. The molecular formula is C22H21FN2O3. The number of H-pyrrole nitrogens is 1. The Morgan fingerprint density at radius 2 is 1.68 bits per heavy atom. The zero-order chi connectivity index (χ0) is 20.3. The molecule has 1 heterocycles. The van der Waals surface area contributed by atoms with E-state index < -0.39 is 11.9 Å². The van der Waals surface area contributed by atoms with Gasteiger partial charge in [-0.2, -0.15) is 0 Å². The second-order valence-electron chi connectivity index (χ2n) is 6.34. The van der Waals surface area contributed by atoms with Gasteiger partial charge in [0.2, 0.25) is 0 Å². The number of amides is 1. The van der Waals surface area contributed by atoms with E-state index >= 15 is 0 Å². The van der Waals surface area contributed by atoms with Crippen molar-refractivity contribution in [3.63, 3.8) is 0 Å². The molecule has 6 heteroatoms. The van der Waals surface area contributed by atoms with E-state index in [1.807, 2.05) is 13.8 Å². The fraction of sp³-hybridized carbons (Fsp3) is 0.182. The number of aromatic amines is 1. The number of anilines is 1. The lowest BCUT2D eigenvalue weighted by atomic mass is 10.00. The van der Waals surface area contributed by atoms with Gasteiger partial charge in [0.15, 0.2) is 0 Å². The van der Waals surface area contributed by atoms with Crippen molar-refractivity contribution in [1.82, 2.24) is 4.98 Å². The van der Waals surface area contributed by atoms with Crippen LogP contribution in [0.2, 0.25) is 0 Å². The van der Waals surface area contributed by atoms with Gasteiger partial charge < -0.3 is 9.72 Å². The van der Waals surface area contributed by atoms with Crippen molar-refractivity contribution in [3.8, 4) is 11.1 Å². The first kappa shape index (κ1) is 19.4. The van der Waals surface area contributed by atoms with Gasteiger partial charge in [0.05, 0.1) is 12.3 Å². The molecule has 3 rings (SSSR count). The van der Waals surface area contributed by atoms with Crippen LogP contribution in [0.5, 0.6) is 0 Å². The van der Waals surface area contributed by atoms with E-state index in [4.69, 9.17) is 4.74 Å². The van der Waals surface area contributed by atoms with Crippen LogP contribution in [0, 0.1) is 13.8 Å². The largest absolute Gasteiger partial charge is 0.461 e. The summed E-state index contributed by atoms with van der Waals surface area (Å²) in [4.78, 5) is 27.5. The number of nitrogens with one attached hydrogen (secondary N) is 1. The summed E-state index contributed by atoms with van der Waals surface area (Å²) in [5.41, 5.74) is 4.08. The van der Waals surface area contributed by atoms with Crippen LogP contribution in [0.25, 0.3) is 11.1 Å². The third-order valence-electron chi connectivity index (χ3n) is 4.50. The molecule has 1 N–H and O–H groups in total. The van der Waals surface area contributed by atoms with E-state index in [0.29, 0.717) is 12.3 Å². The van der Waals surface area contributed by atoms with Crippen molar-refractivity contribution in [2.45, 2.75) is 20.8 Å². The summed E-state index contributed by atoms with van der Waals surface area (Å²) < 4.78 is 19.4. The van der Waals surface area contributed by atoms with Crippen molar-refractivity contribution in [1.29, 1.82) is 0 Å². The second-order valence-corrected chi connectivity index (χ2v) is 6.34. The predicted molar refractivity (Wildman–Crippen MR) is 106 cm³/mol. The Morgan fingerprint density at radius 1 is 1.04 bits per heavy atom. The molecule has 28 heavy (non-hydrogen) atoms. The van der Waals surface area contributed by atoms with Crippen LogP contribution >= 0.6 is 0 Å². The maximum Gasteiger partial charge on any atom is 0.355 e. The highest BCUT2D eigenvalue weighted by Crippen LogP contribution is 2.30. The molecule has 0 fully saturated rings. The smallest absolute Gasteiger partial charge is 0.355 e. The fourth-order valence-electron chi connectivity index (χ4n) is 3.16. The molecule has 0 radical (unpaired) electrons. The highest BCUT2D eigenvalue weighted by Gasteiger charge is 2.21. The van der Waals surface area contributed by atoms with Crippen LogP contribution in [0.15, 0.2) is 54.6 Å². The molecule has 0 saturated carbocycles. The van der Waals surface area contributed by atoms with Crippen molar-refractivity contribution in [2.24, 2.45) is 0 Å². The van der Waals surface area contributed by atoms with E-state index in [-0.39, 0.29) is 16.4 Å². The molecule has 1 aromatic heterocycles. The van der Waals surface area contributed by atoms with Gasteiger partial charge >= 0.3 is 5.97 Å². The molecule has 3 aromatic rings. The predicted octanol–water partition coefficient (Wildman–Crippen LogP) is 5.01. The highest BCUT2D eigenvalue weighted by atomic mass is 19.2. The SMILES string of the molecule is CCOC(=O)c1[nH]c(C)c(-c2ccc(C(=O)N(F)c3ccccc3)cc2)c1C. The van der Waals surface area contributed by atoms with Crippen molar-refractivity contribution in [2.75, 3.05) is 11.7 Å². The maximum atomic E-state index is 14.4. The lowest BCUT2D eigenvalue weighted by molar-refractivity contribution is 0.0519. The van der Waals surface area contributed by atoms with Crippen LogP contribution in [0.3, 0.4) is 0 Å². The van der Waals surface area contributed by atoms with Crippen molar-refractivity contribution in [3.05, 3.63) is 77.1 Å². The van der Waals surface area contributed by atoms with Gasteiger partial charge in [-0.25, -0.2) is 4.79 Å². The minimum atomic E-state index is -0.743. The minimum absolute atomic E-state index is 0.126. The molecule has 1 amide bonds. The van der Waals surface area contributed by atoms with Crippen LogP contribution in [0.1, 0.15) is 39.0 Å². The molecule has 0 spiro atoms. The summed E-state index contributed by atoms with van der Waals surface area (Å²) in [5.74, 6) is -1.15. The van der Waals surface area contributed by atoms with Gasteiger partial charge in [-0.1, -0.05) is 34.8 Å². The molecule has 2 aromatic carbocycles. The van der Waals surface area contributed by atoms with Crippen molar-refractivity contribution >= 4 is 17.6 Å². The van der Waals surface area contributed by atoms with Gasteiger partial charge in [-0.3, -0.25) is 4.79 Å². The van der Waals surface area contributed by atoms with E-state index in [9.17, 15) is 14.1 Å². The molecule has 0 aliphatic rings. The Bertz CT molecular complexity index is 995. The summed E-state index contributed by atoms with van der Waals surface area (Å²) in [7, 11) is 0.